The second-order valence-corrected chi connectivity index (χ2v) is 12.0. The molecule has 2 heterocycles. The lowest BCUT2D eigenvalue weighted by molar-refractivity contribution is -0.143. The Kier molecular flexibility index (Phi) is 9.94. The number of fused-ring (bicyclic) bond motifs is 1. The van der Waals surface area contributed by atoms with Crippen LogP contribution >= 0.6 is 0 Å². The minimum atomic E-state index is -1.03. The van der Waals surface area contributed by atoms with Crippen LogP contribution in [-0.4, -0.2) is 73.9 Å². The monoisotopic (exact) mass is 619 g/mol. The van der Waals surface area contributed by atoms with Gasteiger partial charge in [0.15, 0.2) is 11.6 Å². The van der Waals surface area contributed by atoms with Gasteiger partial charge in [-0.1, -0.05) is 43.7 Å². The summed E-state index contributed by atoms with van der Waals surface area (Å²) in [6.45, 7) is 7.51. The summed E-state index contributed by atoms with van der Waals surface area (Å²) in [5.74, 6) is -2.50. The smallest absolute Gasteiger partial charge is 0.309 e. The molecule has 0 radical (unpaired) electrons. The molecule has 0 spiro atoms. The van der Waals surface area contributed by atoms with Gasteiger partial charge in [0.1, 0.15) is 12.4 Å². The van der Waals surface area contributed by atoms with Crippen LogP contribution in [0.15, 0.2) is 48.5 Å². The fourth-order valence-electron chi connectivity index (χ4n) is 6.46. The van der Waals surface area contributed by atoms with Crippen LogP contribution in [0, 0.1) is 18.7 Å². The van der Waals surface area contributed by atoms with E-state index in [1.165, 1.54) is 6.07 Å². The Hall–Kier alpha value is -4.15. The van der Waals surface area contributed by atoms with Crippen molar-refractivity contribution in [1.29, 1.82) is 0 Å². The quantitative estimate of drug-likeness (QED) is 0.278. The average Bonchev–Trinajstić information content (AvgIpc) is 3.63. The Balaban J connectivity index is 1.48. The van der Waals surface area contributed by atoms with Crippen molar-refractivity contribution in [2.75, 3.05) is 52.4 Å². The first kappa shape index (κ1) is 32.2. The van der Waals surface area contributed by atoms with Gasteiger partial charge in [-0.3, -0.25) is 14.5 Å². The maximum absolute atomic E-state index is 15.0. The van der Waals surface area contributed by atoms with Gasteiger partial charge in [-0.2, -0.15) is 0 Å². The molecule has 3 aromatic carbocycles. The van der Waals surface area contributed by atoms with Gasteiger partial charge in [-0.25, -0.2) is 4.39 Å². The number of anilines is 1. The highest BCUT2D eigenvalue weighted by Crippen LogP contribution is 2.48. The van der Waals surface area contributed by atoms with Gasteiger partial charge >= 0.3 is 5.97 Å². The summed E-state index contributed by atoms with van der Waals surface area (Å²) in [5, 5.41) is 13.7. The van der Waals surface area contributed by atoms with Crippen molar-refractivity contribution < 1.29 is 33.3 Å². The molecule has 1 amide bonds. The molecule has 0 aliphatic carbocycles. The van der Waals surface area contributed by atoms with Crippen molar-refractivity contribution in [3.05, 3.63) is 82.2 Å². The molecule has 2 aliphatic rings. The number of hydrogen-bond acceptors (Lipinski definition) is 7. The average molecular weight is 620 g/mol. The van der Waals surface area contributed by atoms with Crippen LogP contribution in [-0.2, 0) is 22.4 Å². The van der Waals surface area contributed by atoms with E-state index in [2.05, 4.69) is 31.3 Å². The van der Waals surface area contributed by atoms with Gasteiger partial charge in [0, 0.05) is 30.7 Å². The second-order valence-electron chi connectivity index (χ2n) is 12.0. The Labute approximate surface area is 263 Å². The highest BCUT2D eigenvalue weighted by atomic mass is 19.1. The van der Waals surface area contributed by atoms with Crippen LogP contribution in [0.3, 0.4) is 0 Å². The number of carboxylic acids is 1. The number of amides is 1. The lowest BCUT2D eigenvalue weighted by Crippen LogP contribution is -2.35. The molecule has 0 saturated carbocycles. The van der Waals surface area contributed by atoms with E-state index < -0.39 is 29.7 Å². The van der Waals surface area contributed by atoms with E-state index in [1.807, 2.05) is 55.1 Å². The summed E-state index contributed by atoms with van der Waals surface area (Å²) < 4.78 is 31.6. The number of aryl methyl sites for hydroxylation is 3. The number of halogens is 1. The van der Waals surface area contributed by atoms with Crippen molar-refractivity contribution in [3.63, 3.8) is 0 Å². The third kappa shape index (κ3) is 7.07. The van der Waals surface area contributed by atoms with Crippen molar-refractivity contribution in [2.45, 2.75) is 45.6 Å². The van der Waals surface area contributed by atoms with Gasteiger partial charge < -0.3 is 29.5 Å². The van der Waals surface area contributed by atoms with Crippen molar-refractivity contribution in [1.82, 2.24) is 9.80 Å². The number of benzene rings is 3. The van der Waals surface area contributed by atoms with E-state index in [4.69, 9.17) is 14.2 Å². The number of aliphatic carboxylic acids is 1. The predicted octanol–water partition coefficient (Wildman–Crippen LogP) is 5.41. The Morgan fingerprint density at radius 3 is 2.36 bits per heavy atom. The Morgan fingerprint density at radius 1 is 1.04 bits per heavy atom. The normalized spacial score (nSPS) is 19.2. The Bertz CT molecular complexity index is 1520. The zero-order chi connectivity index (χ0) is 32.2. The van der Waals surface area contributed by atoms with Crippen LogP contribution < -0.4 is 19.5 Å². The summed E-state index contributed by atoms with van der Waals surface area (Å²) in [7, 11) is 3.94. The van der Waals surface area contributed by atoms with Gasteiger partial charge in [0.05, 0.1) is 12.5 Å². The van der Waals surface area contributed by atoms with Crippen LogP contribution in [0.5, 0.6) is 17.2 Å². The summed E-state index contributed by atoms with van der Waals surface area (Å²) in [5.41, 5.74) is 5.28. The molecule has 0 aromatic heterocycles. The summed E-state index contributed by atoms with van der Waals surface area (Å²) in [6.07, 6.45) is 1.52. The molecule has 45 heavy (non-hydrogen) atoms. The molecule has 2 aliphatic heterocycles. The number of carbonyl (C=O) groups is 2. The second kappa shape index (κ2) is 13.9. The SMILES string of the molecule is CCc1cc(C)cc(CC)c1NC(=O)CN1C[C@H](c2cc(F)c3c(c2)OCO3)C(C(=O)O)[C@@H]1c1ccc(OCCN(C)C)cc1. The molecule has 3 atom stereocenters. The van der Waals surface area contributed by atoms with Crippen molar-refractivity contribution in [2.24, 2.45) is 5.92 Å². The van der Waals surface area contributed by atoms with E-state index in [-0.39, 0.29) is 37.3 Å². The number of rotatable bonds is 12. The number of ether oxygens (including phenoxy) is 3. The molecule has 1 fully saturated rings. The molecule has 1 saturated heterocycles. The summed E-state index contributed by atoms with van der Waals surface area (Å²) in [6, 6.07) is 13.8. The first-order valence-corrected chi connectivity index (χ1v) is 15.4. The zero-order valence-corrected chi connectivity index (χ0v) is 26.6. The van der Waals surface area contributed by atoms with Crippen LogP contribution in [0.4, 0.5) is 10.1 Å². The van der Waals surface area contributed by atoms with E-state index in [9.17, 15) is 14.7 Å². The number of hydrogen-bond donors (Lipinski definition) is 2. The van der Waals surface area contributed by atoms with E-state index >= 15 is 4.39 Å². The standard InChI is InChI=1S/C35H42FN3O6/c1-6-22-14-21(3)15-23(7-2)32(22)37-30(40)19-39-18-27(25-16-28(36)34-29(17-25)44-20-45-34)31(35(41)42)33(39)24-8-10-26(11-9-24)43-13-12-38(4)5/h8-11,14-17,27,31,33H,6-7,12-13,18-20H2,1-5H3,(H,37,40)(H,41,42)/t27-,31?,33+/m1/s1. The Morgan fingerprint density at radius 2 is 1.73 bits per heavy atom. The largest absolute Gasteiger partial charge is 0.492 e. The van der Waals surface area contributed by atoms with E-state index in [0.717, 1.165) is 47.3 Å². The molecule has 9 nitrogen and oxygen atoms in total. The van der Waals surface area contributed by atoms with Gasteiger partial charge in [0.25, 0.3) is 0 Å². The number of likely N-dealkylation sites (tertiary alicyclic amines) is 1. The summed E-state index contributed by atoms with van der Waals surface area (Å²) in [4.78, 5) is 30.6. The van der Waals surface area contributed by atoms with E-state index in [0.29, 0.717) is 17.9 Å². The molecule has 3 aromatic rings. The van der Waals surface area contributed by atoms with Crippen LogP contribution in [0.1, 0.15) is 53.6 Å². The minimum Gasteiger partial charge on any atom is -0.492 e. The van der Waals surface area contributed by atoms with Crippen molar-refractivity contribution in [3.8, 4) is 17.2 Å². The maximum Gasteiger partial charge on any atom is 0.309 e. The lowest BCUT2D eigenvalue weighted by atomic mass is 9.82. The highest BCUT2D eigenvalue weighted by molar-refractivity contribution is 5.94. The van der Waals surface area contributed by atoms with Crippen LogP contribution in [0.2, 0.25) is 0 Å². The lowest BCUT2D eigenvalue weighted by Gasteiger charge is -2.27. The molecule has 5 rings (SSSR count). The molecule has 2 N–H and O–H groups in total. The summed E-state index contributed by atoms with van der Waals surface area (Å²) >= 11 is 0. The first-order valence-electron chi connectivity index (χ1n) is 15.4. The predicted molar refractivity (Wildman–Crippen MR) is 170 cm³/mol. The van der Waals surface area contributed by atoms with Gasteiger partial charge in [-0.15, -0.1) is 0 Å². The van der Waals surface area contributed by atoms with Gasteiger partial charge in [0.2, 0.25) is 18.4 Å². The number of nitrogens with one attached hydrogen (secondary N) is 1. The number of likely N-dealkylation sites (N-methyl/N-ethyl adjacent to an activating group) is 1. The van der Waals surface area contributed by atoms with E-state index in [1.54, 1.807) is 6.07 Å². The topological polar surface area (TPSA) is 101 Å². The number of nitrogens with zero attached hydrogens (tertiary/aromatic N) is 2. The fraction of sp³-hybridized carbons (Fsp3) is 0.429. The first-order chi connectivity index (χ1) is 21.6. The maximum atomic E-state index is 15.0. The molecule has 0 bridgehead atoms. The highest BCUT2D eigenvalue weighted by Gasteiger charge is 2.48. The van der Waals surface area contributed by atoms with Crippen LogP contribution in [0.25, 0.3) is 0 Å². The molecule has 240 valence electrons. The minimum absolute atomic E-state index is 0.0258. The van der Waals surface area contributed by atoms with Gasteiger partial charge in [-0.05, 0) is 80.4 Å². The molecular formula is C35H42FN3O6. The third-order valence-electron chi connectivity index (χ3n) is 8.61. The number of carbonyl (C=O) groups excluding carboxylic acids is 1. The fourth-order valence-corrected chi connectivity index (χ4v) is 6.46. The molecule has 10 heteroatoms. The molecule has 1 unspecified atom stereocenters. The molecular weight excluding hydrogens is 577 g/mol. The number of carboxylic acid groups (broad SMARTS) is 1. The zero-order valence-electron chi connectivity index (χ0n) is 26.6. The van der Waals surface area contributed by atoms with Crippen molar-refractivity contribution >= 4 is 17.6 Å². The third-order valence-corrected chi connectivity index (χ3v) is 8.61.